The predicted octanol–water partition coefficient (Wildman–Crippen LogP) is 11.2. The third-order valence-corrected chi connectivity index (χ3v) is 15.7. The molecular formula is C47H42N2Si2. The first-order chi connectivity index (χ1) is 24.6. The van der Waals surface area contributed by atoms with Gasteiger partial charge in [0.1, 0.15) is 0 Å². The Morgan fingerprint density at radius 3 is 1.16 bits per heavy atom. The minimum Gasteiger partial charge on any atom is -0.315 e. The van der Waals surface area contributed by atoms with E-state index in [1.54, 1.807) is 0 Å². The van der Waals surface area contributed by atoms with E-state index in [2.05, 4.69) is 194 Å². The van der Waals surface area contributed by atoms with Gasteiger partial charge in [-0.3, -0.25) is 0 Å². The molecule has 6 aromatic carbocycles. The molecule has 10 rings (SSSR count). The van der Waals surface area contributed by atoms with Crippen molar-refractivity contribution < 1.29 is 0 Å². The molecule has 0 atom stereocenters. The molecule has 0 amide bonds. The fraction of sp³-hybridized carbons (Fsp3) is 0.149. The fourth-order valence-corrected chi connectivity index (χ4v) is 12.4. The number of hydrogen-bond acceptors (Lipinski definition) is 0. The highest BCUT2D eigenvalue weighted by Crippen LogP contribution is 2.48. The molecule has 4 heterocycles. The van der Waals surface area contributed by atoms with Crippen LogP contribution in [-0.2, 0) is 5.41 Å². The van der Waals surface area contributed by atoms with E-state index in [1.165, 1.54) is 87.0 Å². The number of aromatic nitrogens is 2. The molecule has 0 aliphatic rings. The molecular weight excluding hydrogens is 649 g/mol. The van der Waals surface area contributed by atoms with Gasteiger partial charge in [0.05, 0.1) is 43.6 Å². The monoisotopic (exact) mass is 690 g/mol. The Morgan fingerprint density at radius 2 is 0.765 bits per heavy atom. The lowest BCUT2D eigenvalue weighted by Crippen LogP contribution is -2.37. The van der Waals surface area contributed by atoms with Crippen molar-refractivity contribution >= 4 is 80.9 Å². The number of hydrogen-bond donors (Lipinski definition) is 0. The summed E-state index contributed by atoms with van der Waals surface area (Å²) in [5.74, 6) is 0. The van der Waals surface area contributed by atoms with Gasteiger partial charge in [-0.1, -0.05) is 148 Å². The van der Waals surface area contributed by atoms with Crippen LogP contribution in [-0.4, -0.2) is 24.9 Å². The van der Waals surface area contributed by atoms with E-state index in [4.69, 9.17) is 0 Å². The normalized spacial score (nSPS) is 13.3. The summed E-state index contributed by atoms with van der Waals surface area (Å²) in [6, 6.07) is 50.8. The quantitative estimate of drug-likeness (QED) is 0.121. The third kappa shape index (κ3) is 4.15. The number of fused-ring (bicyclic) bond motifs is 6. The first kappa shape index (κ1) is 30.6. The first-order valence-corrected chi connectivity index (χ1v) is 25.3. The second-order valence-electron chi connectivity index (χ2n) is 16.7. The van der Waals surface area contributed by atoms with Crippen LogP contribution >= 0.6 is 0 Å². The standard InChI is InChI=1S/C47H42N2Si2/c1-50(2,3)43-29-48-41-25-23-33(27-39(41)35-19-13-21-37(43)45(35)48)47(31-15-9-7-10-16-31,32-17-11-8-12-18-32)34-24-26-42-40(28-34)36-20-14-22-38-44(51(4,5)6)30-49(42)46(36)38/h7-30H,1-6H3. The Kier molecular flexibility index (Phi) is 6.27. The lowest BCUT2D eigenvalue weighted by molar-refractivity contribution is 0.748. The summed E-state index contributed by atoms with van der Waals surface area (Å²) in [4.78, 5) is 0. The molecule has 0 unspecified atom stereocenters. The van der Waals surface area contributed by atoms with Gasteiger partial charge in [0, 0.05) is 33.9 Å². The number of nitrogens with zero attached hydrogens (tertiary/aromatic N) is 2. The number of para-hydroxylation sites is 2. The molecule has 0 aliphatic carbocycles. The van der Waals surface area contributed by atoms with Gasteiger partial charge >= 0.3 is 0 Å². The van der Waals surface area contributed by atoms with Crippen LogP contribution in [0.15, 0.2) is 146 Å². The highest BCUT2D eigenvalue weighted by Gasteiger charge is 2.39. The van der Waals surface area contributed by atoms with Crippen molar-refractivity contribution in [1.82, 2.24) is 8.80 Å². The SMILES string of the molecule is C[Si](C)(C)c1cn2c3ccc(C(c4ccccc4)(c4ccccc4)c4ccc5c(c4)c4cccc6c([Si](C)(C)C)cn5c64)cc3c3cccc1c32. The summed E-state index contributed by atoms with van der Waals surface area (Å²) >= 11 is 0. The Morgan fingerprint density at radius 1 is 0.373 bits per heavy atom. The molecule has 4 heteroatoms. The number of rotatable bonds is 6. The smallest absolute Gasteiger partial charge is 0.0804 e. The molecule has 4 aromatic heterocycles. The lowest BCUT2D eigenvalue weighted by atomic mass is 9.65. The zero-order valence-corrected chi connectivity index (χ0v) is 32.3. The van der Waals surface area contributed by atoms with Crippen LogP contribution in [0.3, 0.4) is 0 Å². The zero-order valence-electron chi connectivity index (χ0n) is 30.3. The molecule has 0 fully saturated rings. The molecule has 0 saturated heterocycles. The summed E-state index contributed by atoms with van der Waals surface area (Å²) in [7, 11) is -3.08. The van der Waals surface area contributed by atoms with E-state index in [1.807, 2.05) is 0 Å². The maximum atomic E-state index is 2.50. The van der Waals surface area contributed by atoms with Crippen LogP contribution in [0.5, 0.6) is 0 Å². The zero-order chi connectivity index (χ0) is 34.9. The van der Waals surface area contributed by atoms with Crippen LogP contribution in [0.2, 0.25) is 39.3 Å². The topological polar surface area (TPSA) is 8.82 Å². The Hall–Kier alpha value is -5.17. The summed E-state index contributed by atoms with van der Waals surface area (Å²) in [5.41, 5.74) is 9.83. The molecule has 0 saturated carbocycles. The average molecular weight is 691 g/mol. The van der Waals surface area contributed by atoms with Crippen LogP contribution in [0, 0.1) is 0 Å². The van der Waals surface area contributed by atoms with E-state index in [0.29, 0.717) is 0 Å². The number of benzene rings is 6. The van der Waals surface area contributed by atoms with Crippen LogP contribution < -0.4 is 10.4 Å². The van der Waals surface area contributed by atoms with Crippen molar-refractivity contribution in [3.05, 3.63) is 168 Å². The summed E-state index contributed by atoms with van der Waals surface area (Å²) < 4.78 is 4.95. The second-order valence-corrected chi connectivity index (χ2v) is 26.8. The van der Waals surface area contributed by atoms with Gasteiger partial charge in [0.15, 0.2) is 0 Å². The van der Waals surface area contributed by atoms with E-state index in [-0.39, 0.29) is 0 Å². The van der Waals surface area contributed by atoms with Crippen molar-refractivity contribution in [2.45, 2.75) is 44.7 Å². The molecule has 0 N–H and O–H groups in total. The lowest BCUT2D eigenvalue weighted by Gasteiger charge is -2.37. The van der Waals surface area contributed by atoms with Gasteiger partial charge in [-0.25, -0.2) is 0 Å². The minimum atomic E-state index is -1.54. The molecule has 248 valence electrons. The molecule has 10 aromatic rings. The van der Waals surface area contributed by atoms with Gasteiger partial charge < -0.3 is 8.80 Å². The summed E-state index contributed by atoms with van der Waals surface area (Å²) in [6.45, 7) is 14.7. The third-order valence-electron chi connectivity index (χ3n) is 11.6. The van der Waals surface area contributed by atoms with Gasteiger partial charge in [-0.15, -0.1) is 0 Å². The Balaban J connectivity index is 1.31. The van der Waals surface area contributed by atoms with E-state index >= 15 is 0 Å². The van der Waals surface area contributed by atoms with Crippen molar-refractivity contribution in [3.8, 4) is 0 Å². The van der Waals surface area contributed by atoms with Gasteiger partial charge in [-0.2, -0.15) is 0 Å². The van der Waals surface area contributed by atoms with Crippen LogP contribution in [0.25, 0.3) is 54.4 Å². The minimum absolute atomic E-state index is 0.546. The molecule has 0 radical (unpaired) electrons. The Labute approximate surface area is 301 Å². The molecule has 2 nitrogen and oxygen atoms in total. The highest BCUT2D eigenvalue weighted by molar-refractivity contribution is 6.91. The van der Waals surface area contributed by atoms with E-state index in [9.17, 15) is 0 Å². The predicted molar refractivity (Wildman–Crippen MR) is 225 cm³/mol. The average Bonchev–Trinajstić information content (AvgIpc) is 3.88. The molecule has 0 aliphatic heterocycles. The summed E-state index contributed by atoms with van der Waals surface area (Å²) in [5, 5.41) is 11.2. The van der Waals surface area contributed by atoms with E-state index < -0.39 is 21.6 Å². The largest absolute Gasteiger partial charge is 0.315 e. The maximum Gasteiger partial charge on any atom is 0.0804 e. The maximum absolute atomic E-state index is 2.50. The van der Waals surface area contributed by atoms with Gasteiger partial charge in [0.25, 0.3) is 0 Å². The second kappa shape index (κ2) is 10.4. The Bertz CT molecular complexity index is 2720. The van der Waals surface area contributed by atoms with Crippen molar-refractivity contribution in [1.29, 1.82) is 0 Å². The fourth-order valence-electron chi connectivity index (χ4n) is 9.34. The van der Waals surface area contributed by atoms with E-state index in [0.717, 1.165) is 0 Å². The molecule has 51 heavy (non-hydrogen) atoms. The van der Waals surface area contributed by atoms with Crippen molar-refractivity contribution in [2.24, 2.45) is 0 Å². The highest BCUT2D eigenvalue weighted by atomic mass is 28.3. The van der Waals surface area contributed by atoms with Crippen molar-refractivity contribution in [3.63, 3.8) is 0 Å². The van der Waals surface area contributed by atoms with Gasteiger partial charge in [0.2, 0.25) is 0 Å². The first-order valence-electron chi connectivity index (χ1n) is 18.3. The van der Waals surface area contributed by atoms with Crippen LogP contribution in [0.4, 0.5) is 0 Å². The molecule has 0 spiro atoms. The molecule has 0 bridgehead atoms. The van der Waals surface area contributed by atoms with Gasteiger partial charge in [-0.05, 0) is 67.7 Å². The van der Waals surface area contributed by atoms with Crippen LogP contribution in [0.1, 0.15) is 22.3 Å². The van der Waals surface area contributed by atoms with Crippen molar-refractivity contribution in [2.75, 3.05) is 0 Å². The summed E-state index contributed by atoms with van der Waals surface area (Å²) in [6.07, 6.45) is 4.88.